The maximum atomic E-state index is 14.1. The molecule has 1 aliphatic rings. The predicted molar refractivity (Wildman–Crippen MR) is 113 cm³/mol. The maximum Gasteiger partial charge on any atom is 0.277 e. The van der Waals surface area contributed by atoms with Gasteiger partial charge in [-0.1, -0.05) is 24.3 Å². The van der Waals surface area contributed by atoms with E-state index in [9.17, 15) is 18.7 Å². The Kier molecular flexibility index (Phi) is 5.95. The number of nitrogens with two attached hydrogens (primary N) is 1. The molecule has 3 heterocycles. The number of hydrogen-bond donors (Lipinski definition) is 4. The van der Waals surface area contributed by atoms with Crippen LogP contribution in [0.5, 0.6) is 0 Å². The highest BCUT2D eigenvalue weighted by Gasteiger charge is 2.35. The lowest BCUT2D eigenvalue weighted by atomic mass is 9.93. The highest BCUT2D eigenvalue weighted by Crippen LogP contribution is 2.36. The first kappa shape index (κ1) is 22.3. The van der Waals surface area contributed by atoms with Crippen LogP contribution in [0.2, 0.25) is 0 Å². The number of thiazole rings is 1. The Bertz CT molecular complexity index is 1140. The fraction of sp³-hybridized carbons (Fsp3) is 0.350. The third kappa shape index (κ3) is 4.09. The number of anilines is 2. The Labute approximate surface area is 185 Å². The molecule has 0 atom stereocenters. The molecule has 2 aromatic heterocycles. The number of nitrogen functional groups attached to an aromatic ring is 1. The molecule has 0 radical (unpaired) electrons. The number of aliphatic hydroxyl groups is 1. The van der Waals surface area contributed by atoms with Crippen molar-refractivity contribution in [3.63, 3.8) is 0 Å². The quantitative estimate of drug-likeness (QED) is 0.455. The van der Waals surface area contributed by atoms with E-state index in [0.29, 0.717) is 17.1 Å². The number of aromatic amines is 1. The van der Waals surface area contributed by atoms with Crippen molar-refractivity contribution in [2.24, 2.45) is 5.41 Å². The van der Waals surface area contributed by atoms with E-state index in [1.54, 1.807) is 6.92 Å². The molecule has 1 aliphatic heterocycles. The van der Waals surface area contributed by atoms with Gasteiger partial charge in [-0.05, 0) is 19.1 Å². The molecule has 12 heteroatoms. The summed E-state index contributed by atoms with van der Waals surface area (Å²) < 4.78 is 39.6. The number of carbonyl (C=O) groups is 1. The average Bonchev–Trinajstić information content (AvgIpc) is 3.31. The Hall–Kier alpha value is -2.93. The molecule has 32 heavy (non-hydrogen) atoms. The van der Waals surface area contributed by atoms with Crippen LogP contribution in [-0.4, -0.2) is 46.0 Å². The van der Waals surface area contributed by atoms with Gasteiger partial charge >= 0.3 is 0 Å². The Morgan fingerprint density at radius 3 is 2.66 bits per heavy atom. The fourth-order valence-corrected chi connectivity index (χ4v) is 4.03. The van der Waals surface area contributed by atoms with Gasteiger partial charge in [0.05, 0.1) is 36.8 Å². The number of rotatable bonds is 5. The highest BCUT2D eigenvalue weighted by molar-refractivity contribution is 7.19. The molecule has 170 valence electrons. The van der Waals surface area contributed by atoms with Gasteiger partial charge in [0.1, 0.15) is 27.3 Å². The summed E-state index contributed by atoms with van der Waals surface area (Å²) in [7, 11) is 0. The van der Waals surface area contributed by atoms with Crippen LogP contribution in [0.15, 0.2) is 18.2 Å². The van der Waals surface area contributed by atoms with Crippen LogP contribution in [0.4, 0.5) is 19.5 Å². The van der Waals surface area contributed by atoms with E-state index in [0.717, 1.165) is 23.5 Å². The largest absolute Gasteiger partial charge is 0.396 e. The number of aryl methyl sites for hydroxylation is 1. The van der Waals surface area contributed by atoms with Gasteiger partial charge in [0.25, 0.3) is 5.91 Å². The standard InChI is InChI=1S/C20H21F2N5O4S/c1-9-13(14(27-26-9)19-30-7-20(2,6-28)8-31-19)24-17(29)15-16(23)32-18(25-15)12-10(21)4-3-5-11(12)22/h3-5,19,28H,6-8,23H2,1-2H3,(H,24,29)(H,26,27). The molecule has 3 aromatic rings. The number of carbonyl (C=O) groups excluding carboxylic acids is 1. The molecule has 4 rings (SSSR count). The van der Waals surface area contributed by atoms with E-state index < -0.39 is 29.2 Å². The van der Waals surface area contributed by atoms with Crippen molar-refractivity contribution in [2.45, 2.75) is 20.1 Å². The first-order chi connectivity index (χ1) is 15.2. The predicted octanol–water partition coefficient (Wildman–Crippen LogP) is 3.00. The van der Waals surface area contributed by atoms with Gasteiger partial charge in [0, 0.05) is 5.41 Å². The molecule has 0 unspecified atom stereocenters. The summed E-state index contributed by atoms with van der Waals surface area (Å²) in [4.78, 5) is 17.0. The van der Waals surface area contributed by atoms with Crippen LogP contribution >= 0.6 is 11.3 Å². The molecule has 0 spiro atoms. The summed E-state index contributed by atoms with van der Waals surface area (Å²) in [6.45, 7) is 3.89. The minimum Gasteiger partial charge on any atom is -0.396 e. The minimum atomic E-state index is -0.832. The van der Waals surface area contributed by atoms with Crippen molar-refractivity contribution in [3.05, 3.63) is 46.9 Å². The number of aliphatic hydroxyl groups excluding tert-OH is 1. The first-order valence-corrected chi connectivity index (χ1v) is 10.4. The molecular formula is C20H21F2N5O4S. The molecule has 1 fully saturated rings. The van der Waals surface area contributed by atoms with Crippen LogP contribution in [0.3, 0.4) is 0 Å². The van der Waals surface area contributed by atoms with Crippen LogP contribution in [0, 0.1) is 24.0 Å². The van der Waals surface area contributed by atoms with E-state index in [1.807, 2.05) is 6.92 Å². The lowest BCUT2D eigenvalue weighted by molar-refractivity contribution is -0.238. The van der Waals surface area contributed by atoms with Crippen LogP contribution in [-0.2, 0) is 9.47 Å². The van der Waals surface area contributed by atoms with Gasteiger partial charge in [-0.25, -0.2) is 13.8 Å². The van der Waals surface area contributed by atoms with Crippen LogP contribution in [0.25, 0.3) is 10.6 Å². The van der Waals surface area contributed by atoms with Gasteiger partial charge in [-0.3, -0.25) is 9.89 Å². The van der Waals surface area contributed by atoms with E-state index >= 15 is 0 Å². The summed E-state index contributed by atoms with van der Waals surface area (Å²) in [6, 6.07) is 3.44. The van der Waals surface area contributed by atoms with Crippen molar-refractivity contribution >= 4 is 27.9 Å². The third-order valence-electron chi connectivity index (χ3n) is 5.04. The average molecular weight is 465 g/mol. The van der Waals surface area contributed by atoms with Crippen molar-refractivity contribution in [1.82, 2.24) is 15.2 Å². The summed E-state index contributed by atoms with van der Waals surface area (Å²) in [5.41, 5.74) is 6.05. The van der Waals surface area contributed by atoms with Gasteiger partial charge in [0.15, 0.2) is 5.69 Å². The monoisotopic (exact) mass is 465 g/mol. The number of nitrogens with one attached hydrogen (secondary N) is 2. The van der Waals surface area contributed by atoms with Crippen LogP contribution in [0.1, 0.15) is 35.1 Å². The zero-order valence-electron chi connectivity index (χ0n) is 17.2. The first-order valence-electron chi connectivity index (χ1n) is 9.63. The van der Waals surface area contributed by atoms with Crippen LogP contribution < -0.4 is 11.1 Å². The van der Waals surface area contributed by atoms with Gasteiger partial charge in [-0.15, -0.1) is 0 Å². The summed E-state index contributed by atoms with van der Waals surface area (Å²) in [6.07, 6.45) is -0.832. The summed E-state index contributed by atoms with van der Waals surface area (Å²) in [5, 5.41) is 19.0. The van der Waals surface area contributed by atoms with E-state index in [2.05, 4.69) is 20.5 Å². The number of halogens is 2. The second-order valence-corrected chi connectivity index (χ2v) is 8.83. The lowest BCUT2D eigenvalue weighted by Gasteiger charge is -2.35. The lowest BCUT2D eigenvalue weighted by Crippen LogP contribution is -2.39. The zero-order valence-corrected chi connectivity index (χ0v) is 18.1. The van der Waals surface area contributed by atoms with Gasteiger partial charge in [-0.2, -0.15) is 5.10 Å². The SMILES string of the molecule is Cc1n[nH]c(C2OCC(C)(CO)CO2)c1NC(=O)c1nc(-c2c(F)cccc2F)sc1N. The maximum absolute atomic E-state index is 14.1. The molecular weight excluding hydrogens is 444 g/mol. The van der Waals surface area contributed by atoms with Crippen molar-refractivity contribution in [1.29, 1.82) is 0 Å². The molecule has 1 aromatic carbocycles. The summed E-state index contributed by atoms with van der Waals surface area (Å²) in [5.74, 6) is -2.29. The topological polar surface area (TPSA) is 135 Å². The molecule has 0 saturated carbocycles. The number of amides is 1. The van der Waals surface area contributed by atoms with Gasteiger partial charge in [0.2, 0.25) is 6.29 Å². The highest BCUT2D eigenvalue weighted by atomic mass is 32.1. The second kappa shape index (κ2) is 8.54. The number of benzene rings is 1. The smallest absolute Gasteiger partial charge is 0.277 e. The minimum absolute atomic E-state index is 0.00623. The normalized spacial score (nSPS) is 21.0. The molecule has 1 amide bonds. The molecule has 0 aliphatic carbocycles. The van der Waals surface area contributed by atoms with E-state index in [1.165, 1.54) is 6.07 Å². The van der Waals surface area contributed by atoms with E-state index in [-0.39, 0.29) is 41.1 Å². The van der Waals surface area contributed by atoms with Gasteiger partial charge < -0.3 is 25.6 Å². The second-order valence-electron chi connectivity index (χ2n) is 7.80. The molecule has 0 bridgehead atoms. The number of hydrogen-bond acceptors (Lipinski definition) is 8. The summed E-state index contributed by atoms with van der Waals surface area (Å²) >= 11 is 0.805. The number of nitrogens with zero attached hydrogens (tertiary/aromatic N) is 2. The van der Waals surface area contributed by atoms with Crippen molar-refractivity contribution < 1.29 is 28.2 Å². The zero-order chi connectivity index (χ0) is 23.0. The number of ether oxygens (including phenoxy) is 2. The third-order valence-corrected chi connectivity index (χ3v) is 5.94. The van der Waals surface area contributed by atoms with E-state index in [4.69, 9.17) is 15.2 Å². The molecule has 9 nitrogen and oxygen atoms in total. The number of H-pyrrole nitrogens is 1. The Balaban J connectivity index is 1.57. The Morgan fingerprint density at radius 2 is 2.03 bits per heavy atom. The Morgan fingerprint density at radius 1 is 1.38 bits per heavy atom. The van der Waals surface area contributed by atoms with Crippen molar-refractivity contribution in [2.75, 3.05) is 30.9 Å². The number of aromatic nitrogens is 3. The molecule has 5 N–H and O–H groups in total. The fourth-order valence-electron chi connectivity index (χ4n) is 3.16. The molecule has 1 saturated heterocycles. The van der Waals surface area contributed by atoms with Crippen molar-refractivity contribution in [3.8, 4) is 10.6 Å².